The number of imidazole rings is 1. The lowest BCUT2D eigenvalue weighted by Gasteiger charge is -2.34. The van der Waals surface area contributed by atoms with Crippen LogP contribution in [0.25, 0.3) is 11.0 Å². The molecular formula is C17H25N5O. The van der Waals surface area contributed by atoms with E-state index in [1.54, 1.807) is 0 Å². The molecule has 6 heteroatoms. The number of fused-ring (bicyclic) bond motifs is 1. The Morgan fingerprint density at radius 3 is 2.57 bits per heavy atom. The second kappa shape index (κ2) is 6.02. The van der Waals surface area contributed by atoms with Crippen molar-refractivity contribution < 1.29 is 0 Å². The van der Waals surface area contributed by atoms with Gasteiger partial charge in [0.1, 0.15) is 0 Å². The third-order valence-electron chi connectivity index (χ3n) is 5.24. The molecule has 2 saturated heterocycles. The van der Waals surface area contributed by atoms with Gasteiger partial charge < -0.3 is 20.1 Å². The zero-order chi connectivity index (χ0) is 15.8. The number of piperazine rings is 1. The molecule has 0 bridgehead atoms. The van der Waals surface area contributed by atoms with E-state index in [0.29, 0.717) is 6.04 Å². The summed E-state index contributed by atoms with van der Waals surface area (Å²) < 4.78 is 1.98. The predicted molar refractivity (Wildman–Crippen MR) is 93.4 cm³/mol. The van der Waals surface area contributed by atoms with Crippen LogP contribution in [-0.4, -0.2) is 60.8 Å². The van der Waals surface area contributed by atoms with Crippen molar-refractivity contribution in [1.82, 2.24) is 19.8 Å². The highest BCUT2D eigenvalue weighted by Gasteiger charge is 2.21. The van der Waals surface area contributed by atoms with Gasteiger partial charge in [-0.15, -0.1) is 0 Å². The number of rotatable bonds is 2. The van der Waals surface area contributed by atoms with Crippen molar-refractivity contribution in [2.45, 2.75) is 18.9 Å². The Labute approximate surface area is 136 Å². The molecule has 1 aromatic carbocycles. The molecular weight excluding hydrogens is 290 g/mol. The van der Waals surface area contributed by atoms with Crippen LogP contribution in [0.2, 0.25) is 0 Å². The van der Waals surface area contributed by atoms with E-state index in [0.717, 1.165) is 63.1 Å². The van der Waals surface area contributed by atoms with Crippen molar-refractivity contribution in [3.8, 4) is 0 Å². The summed E-state index contributed by atoms with van der Waals surface area (Å²) in [5.74, 6) is 0. The smallest absolute Gasteiger partial charge is 0.326 e. The maximum Gasteiger partial charge on any atom is 0.326 e. The predicted octanol–water partition coefficient (Wildman–Crippen LogP) is 1.01. The fourth-order valence-electron chi connectivity index (χ4n) is 3.80. The summed E-state index contributed by atoms with van der Waals surface area (Å²) in [6.07, 6.45) is 2.04. The van der Waals surface area contributed by atoms with Crippen LogP contribution < -0.4 is 15.9 Å². The van der Waals surface area contributed by atoms with E-state index in [1.807, 2.05) is 4.57 Å². The number of nitrogens with one attached hydrogen (secondary N) is 2. The van der Waals surface area contributed by atoms with E-state index in [2.05, 4.69) is 45.3 Å². The van der Waals surface area contributed by atoms with Crippen LogP contribution in [0.15, 0.2) is 23.0 Å². The number of benzene rings is 1. The van der Waals surface area contributed by atoms with Gasteiger partial charge in [-0.05, 0) is 51.2 Å². The molecule has 1 aromatic heterocycles. The molecule has 23 heavy (non-hydrogen) atoms. The first-order valence-electron chi connectivity index (χ1n) is 8.61. The quantitative estimate of drug-likeness (QED) is 0.868. The summed E-state index contributed by atoms with van der Waals surface area (Å²) >= 11 is 0. The van der Waals surface area contributed by atoms with Gasteiger partial charge in [-0.1, -0.05) is 0 Å². The molecule has 3 heterocycles. The van der Waals surface area contributed by atoms with Gasteiger partial charge in [0.05, 0.1) is 11.0 Å². The highest BCUT2D eigenvalue weighted by molar-refractivity contribution is 5.80. The van der Waals surface area contributed by atoms with Gasteiger partial charge in [0.25, 0.3) is 0 Å². The highest BCUT2D eigenvalue weighted by Crippen LogP contribution is 2.26. The lowest BCUT2D eigenvalue weighted by atomic mass is 10.1. The monoisotopic (exact) mass is 315 g/mol. The van der Waals surface area contributed by atoms with Crippen molar-refractivity contribution in [2.24, 2.45) is 0 Å². The Hall–Kier alpha value is -1.79. The van der Waals surface area contributed by atoms with Gasteiger partial charge in [-0.25, -0.2) is 4.79 Å². The molecule has 6 nitrogen and oxygen atoms in total. The second-order valence-corrected chi connectivity index (χ2v) is 6.77. The van der Waals surface area contributed by atoms with Gasteiger partial charge in [-0.3, -0.25) is 4.57 Å². The number of aromatic nitrogens is 2. The maximum atomic E-state index is 12.4. The molecule has 0 amide bonds. The van der Waals surface area contributed by atoms with Gasteiger partial charge in [0.2, 0.25) is 0 Å². The van der Waals surface area contributed by atoms with E-state index in [4.69, 9.17) is 0 Å². The summed E-state index contributed by atoms with van der Waals surface area (Å²) in [6.45, 7) is 6.25. The maximum absolute atomic E-state index is 12.4. The molecule has 0 atom stereocenters. The summed E-state index contributed by atoms with van der Waals surface area (Å²) in [7, 11) is 2.17. The number of piperidine rings is 1. The second-order valence-electron chi connectivity index (χ2n) is 6.77. The van der Waals surface area contributed by atoms with Crippen LogP contribution in [0.1, 0.15) is 18.9 Å². The van der Waals surface area contributed by atoms with Gasteiger partial charge in [-0.2, -0.15) is 0 Å². The molecule has 2 aliphatic rings. The van der Waals surface area contributed by atoms with Gasteiger partial charge >= 0.3 is 5.69 Å². The number of nitrogens with zero attached hydrogens (tertiary/aromatic N) is 3. The highest BCUT2D eigenvalue weighted by atomic mass is 16.1. The number of H-pyrrole nitrogens is 1. The van der Waals surface area contributed by atoms with Crippen molar-refractivity contribution in [3.63, 3.8) is 0 Å². The first kappa shape index (κ1) is 14.8. The van der Waals surface area contributed by atoms with Crippen molar-refractivity contribution in [2.75, 3.05) is 51.2 Å². The molecule has 4 rings (SSSR count). The van der Waals surface area contributed by atoms with Crippen LogP contribution in [0.4, 0.5) is 5.69 Å². The molecule has 0 saturated carbocycles. The summed E-state index contributed by atoms with van der Waals surface area (Å²) in [6, 6.07) is 6.69. The number of aromatic amines is 1. The first-order valence-corrected chi connectivity index (χ1v) is 8.61. The average Bonchev–Trinajstić information content (AvgIpc) is 2.91. The van der Waals surface area contributed by atoms with Gasteiger partial charge in [0.15, 0.2) is 0 Å². The fraction of sp³-hybridized carbons (Fsp3) is 0.588. The van der Waals surface area contributed by atoms with E-state index in [-0.39, 0.29) is 5.69 Å². The normalized spacial score (nSPS) is 21.2. The van der Waals surface area contributed by atoms with E-state index >= 15 is 0 Å². The van der Waals surface area contributed by atoms with E-state index < -0.39 is 0 Å². The molecule has 0 spiro atoms. The van der Waals surface area contributed by atoms with Gasteiger partial charge in [0, 0.05) is 37.9 Å². The summed E-state index contributed by atoms with van der Waals surface area (Å²) in [5, 5.41) is 3.37. The van der Waals surface area contributed by atoms with Crippen LogP contribution in [0, 0.1) is 0 Å². The van der Waals surface area contributed by atoms with E-state index in [9.17, 15) is 4.79 Å². The molecule has 2 aliphatic heterocycles. The topological polar surface area (TPSA) is 56.3 Å². The summed E-state index contributed by atoms with van der Waals surface area (Å²) in [5.41, 5.74) is 3.26. The largest absolute Gasteiger partial charge is 0.369 e. The van der Waals surface area contributed by atoms with Crippen molar-refractivity contribution >= 4 is 16.7 Å². The number of anilines is 1. The third kappa shape index (κ3) is 2.77. The first-order chi connectivity index (χ1) is 11.2. The zero-order valence-electron chi connectivity index (χ0n) is 13.7. The van der Waals surface area contributed by atoms with Crippen molar-refractivity contribution in [1.29, 1.82) is 0 Å². The molecule has 2 aromatic rings. The minimum Gasteiger partial charge on any atom is -0.369 e. The van der Waals surface area contributed by atoms with Crippen LogP contribution >= 0.6 is 0 Å². The van der Waals surface area contributed by atoms with Crippen molar-refractivity contribution in [3.05, 3.63) is 28.7 Å². The molecule has 124 valence electrons. The standard InChI is InChI=1S/C17H25N5O/c1-20-8-10-21(11-9-20)14-2-3-15-16(12-14)22(17(23)19-15)13-4-6-18-7-5-13/h2-3,12-13,18H,4-11H2,1H3,(H,19,23). The SMILES string of the molecule is CN1CCN(c2ccc3[nH]c(=O)n(C4CCNCC4)c3c2)CC1. The average molecular weight is 315 g/mol. The molecule has 0 unspecified atom stereocenters. The minimum absolute atomic E-state index is 0.0300. The van der Waals surface area contributed by atoms with E-state index in [1.165, 1.54) is 5.69 Å². The van der Waals surface area contributed by atoms with Crippen LogP contribution in [0.5, 0.6) is 0 Å². The molecule has 2 fully saturated rings. The Bertz CT molecular complexity index is 735. The number of hydrogen-bond donors (Lipinski definition) is 2. The summed E-state index contributed by atoms with van der Waals surface area (Å²) in [4.78, 5) is 20.2. The third-order valence-corrected chi connectivity index (χ3v) is 5.24. The molecule has 0 aliphatic carbocycles. The lowest BCUT2D eigenvalue weighted by molar-refractivity contribution is 0.313. The number of likely N-dealkylation sites (N-methyl/N-ethyl adjacent to an activating group) is 1. The fourth-order valence-corrected chi connectivity index (χ4v) is 3.80. The Balaban J connectivity index is 1.70. The Morgan fingerprint density at radius 2 is 1.83 bits per heavy atom. The Morgan fingerprint density at radius 1 is 1.09 bits per heavy atom. The molecule has 0 radical (unpaired) electrons. The van der Waals surface area contributed by atoms with Crippen LogP contribution in [-0.2, 0) is 0 Å². The number of hydrogen-bond acceptors (Lipinski definition) is 4. The molecule has 2 N–H and O–H groups in total. The lowest BCUT2D eigenvalue weighted by Crippen LogP contribution is -2.44. The zero-order valence-corrected chi connectivity index (χ0v) is 13.7. The van der Waals surface area contributed by atoms with Crippen LogP contribution in [0.3, 0.4) is 0 Å². The minimum atomic E-state index is 0.0300. The Kier molecular flexibility index (Phi) is 3.87.